The molecule has 2 N–H and O–H groups in total. The summed E-state index contributed by atoms with van der Waals surface area (Å²) in [5.74, 6) is 0.149. The van der Waals surface area contributed by atoms with E-state index in [0.717, 1.165) is 24.6 Å². The Balaban J connectivity index is 2.82. The molecule has 1 aromatic heterocycles. The first-order valence-corrected chi connectivity index (χ1v) is 7.33. The number of carbonyl (C=O) groups is 1. The van der Waals surface area contributed by atoms with E-state index in [0.29, 0.717) is 16.9 Å². The van der Waals surface area contributed by atoms with Crippen LogP contribution in [0, 0.1) is 5.92 Å². The van der Waals surface area contributed by atoms with Crippen molar-refractivity contribution in [3.8, 4) is 0 Å². The number of nitrogens with zero attached hydrogens (tertiary/aromatic N) is 3. The Bertz CT molecular complexity index is 420. The van der Waals surface area contributed by atoms with E-state index >= 15 is 0 Å². The highest BCUT2D eigenvalue weighted by atomic mass is 32.2. The van der Waals surface area contributed by atoms with Gasteiger partial charge in [0, 0.05) is 6.04 Å². The molecule has 0 aliphatic heterocycles. The number of aliphatic hydroxyl groups is 1. The molecule has 0 saturated carbocycles. The molecule has 1 atom stereocenters. The van der Waals surface area contributed by atoms with Gasteiger partial charge in [-0.25, -0.2) is 0 Å². The zero-order chi connectivity index (χ0) is 14.4. The van der Waals surface area contributed by atoms with E-state index in [9.17, 15) is 9.90 Å². The summed E-state index contributed by atoms with van der Waals surface area (Å²) in [4.78, 5) is 10.6. The maximum Gasteiger partial charge on any atom is 0.313 e. The van der Waals surface area contributed by atoms with Crippen molar-refractivity contribution in [2.75, 3.05) is 5.75 Å². The number of aromatic nitrogens is 3. The largest absolute Gasteiger partial charge is 0.481 e. The number of thioether (sulfide) groups is 1. The van der Waals surface area contributed by atoms with Crippen molar-refractivity contribution in [2.24, 2.45) is 5.92 Å². The molecule has 7 heteroatoms. The number of carboxylic acids is 1. The topological polar surface area (TPSA) is 88.2 Å². The zero-order valence-electron chi connectivity index (χ0n) is 11.5. The molecule has 0 amide bonds. The van der Waals surface area contributed by atoms with Crippen molar-refractivity contribution in [1.29, 1.82) is 0 Å². The van der Waals surface area contributed by atoms with Crippen LogP contribution in [0.1, 0.15) is 45.5 Å². The molecule has 0 spiro atoms. The van der Waals surface area contributed by atoms with Gasteiger partial charge in [-0.15, -0.1) is 10.2 Å². The van der Waals surface area contributed by atoms with Crippen molar-refractivity contribution in [3.05, 3.63) is 5.82 Å². The number of hydrogen-bond donors (Lipinski definition) is 2. The van der Waals surface area contributed by atoms with Crippen LogP contribution in [0.4, 0.5) is 0 Å². The number of carboxylic acid groups (broad SMARTS) is 1. The lowest BCUT2D eigenvalue weighted by Crippen LogP contribution is -2.12. The molecule has 6 nitrogen and oxygen atoms in total. The summed E-state index contributed by atoms with van der Waals surface area (Å²) in [5.41, 5.74) is 0. The number of aliphatic hydroxyl groups excluding tert-OH is 1. The Morgan fingerprint density at radius 1 is 1.32 bits per heavy atom. The average molecular weight is 287 g/mol. The van der Waals surface area contributed by atoms with Gasteiger partial charge in [-0.2, -0.15) is 0 Å². The highest BCUT2D eigenvalue weighted by Crippen LogP contribution is 2.25. The molecule has 0 bridgehead atoms. The maximum atomic E-state index is 10.6. The second-order valence-electron chi connectivity index (χ2n) is 4.93. The fourth-order valence-electron chi connectivity index (χ4n) is 1.79. The fourth-order valence-corrected chi connectivity index (χ4v) is 2.56. The Hall–Kier alpha value is -1.08. The lowest BCUT2D eigenvalue weighted by Gasteiger charge is -2.18. The van der Waals surface area contributed by atoms with Gasteiger partial charge in [-0.1, -0.05) is 25.6 Å². The summed E-state index contributed by atoms with van der Waals surface area (Å²) in [6.45, 7) is 6.17. The Kier molecular flexibility index (Phi) is 6.30. The second kappa shape index (κ2) is 7.49. The molecule has 0 aliphatic rings. The summed E-state index contributed by atoms with van der Waals surface area (Å²) < 4.78 is 1.84. The Morgan fingerprint density at radius 3 is 2.53 bits per heavy atom. The molecule has 0 saturated heterocycles. The van der Waals surface area contributed by atoms with Gasteiger partial charge >= 0.3 is 5.97 Å². The molecule has 1 unspecified atom stereocenters. The van der Waals surface area contributed by atoms with E-state index < -0.39 is 5.97 Å². The van der Waals surface area contributed by atoms with Crippen molar-refractivity contribution in [2.45, 2.75) is 51.4 Å². The third kappa shape index (κ3) is 4.83. The summed E-state index contributed by atoms with van der Waals surface area (Å²) >= 11 is 1.13. The molecular formula is C12H21N3O3S. The predicted octanol–water partition coefficient (Wildman–Crippen LogP) is 1.94. The molecule has 19 heavy (non-hydrogen) atoms. The van der Waals surface area contributed by atoms with E-state index in [-0.39, 0.29) is 18.4 Å². The van der Waals surface area contributed by atoms with E-state index in [1.54, 1.807) is 0 Å². The summed E-state index contributed by atoms with van der Waals surface area (Å²) in [5, 5.41) is 26.4. The van der Waals surface area contributed by atoms with Crippen molar-refractivity contribution < 1.29 is 15.0 Å². The van der Waals surface area contributed by atoms with Crippen LogP contribution in [0.25, 0.3) is 0 Å². The first-order valence-electron chi connectivity index (χ1n) is 6.35. The van der Waals surface area contributed by atoms with Crippen LogP contribution in [0.15, 0.2) is 5.16 Å². The van der Waals surface area contributed by atoms with Gasteiger partial charge in [0.1, 0.15) is 6.61 Å². The van der Waals surface area contributed by atoms with Crippen LogP contribution >= 0.6 is 11.8 Å². The maximum absolute atomic E-state index is 10.6. The van der Waals surface area contributed by atoms with Gasteiger partial charge in [-0.3, -0.25) is 4.79 Å². The Morgan fingerprint density at radius 2 is 2.00 bits per heavy atom. The van der Waals surface area contributed by atoms with Crippen molar-refractivity contribution in [3.63, 3.8) is 0 Å². The lowest BCUT2D eigenvalue weighted by atomic mass is 10.0. The molecule has 108 valence electrons. The first-order chi connectivity index (χ1) is 8.95. The van der Waals surface area contributed by atoms with Crippen molar-refractivity contribution in [1.82, 2.24) is 14.8 Å². The van der Waals surface area contributed by atoms with Gasteiger partial charge in [0.25, 0.3) is 0 Å². The molecule has 1 rings (SSSR count). The standard InChI is InChI=1S/C12H21N3O3S/c1-8(2)4-5-9(3)15-10(6-16)13-14-12(15)19-7-11(17)18/h8-9,16H,4-7H2,1-3H3,(H,17,18). The third-order valence-electron chi connectivity index (χ3n) is 2.80. The second-order valence-corrected chi connectivity index (χ2v) is 5.87. The van der Waals surface area contributed by atoms with Gasteiger partial charge in [-0.05, 0) is 25.7 Å². The first kappa shape index (κ1) is 16.0. The molecule has 1 aromatic rings. The fraction of sp³-hybridized carbons (Fsp3) is 0.750. The van der Waals surface area contributed by atoms with Crippen LogP contribution in [-0.2, 0) is 11.4 Å². The monoisotopic (exact) mass is 287 g/mol. The van der Waals surface area contributed by atoms with E-state index in [1.807, 2.05) is 11.5 Å². The van der Waals surface area contributed by atoms with Crippen LogP contribution in [0.3, 0.4) is 0 Å². The average Bonchev–Trinajstić information content (AvgIpc) is 2.76. The van der Waals surface area contributed by atoms with E-state index in [1.165, 1.54) is 0 Å². The van der Waals surface area contributed by atoms with Gasteiger partial charge < -0.3 is 14.8 Å². The normalized spacial score (nSPS) is 12.9. The number of hydrogen-bond acceptors (Lipinski definition) is 5. The quantitative estimate of drug-likeness (QED) is 0.710. The SMILES string of the molecule is CC(C)CCC(C)n1c(CO)nnc1SCC(=O)O. The van der Waals surface area contributed by atoms with Crippen molar-refractivity contribution >= 4 is 17.7 Å². The summed E-state index contributed by atoms with van der Waals surface area (Å²) in [7, 11) is 0. The Labute approximate surface area is 117 Å². The summed E-state index contributed by atoms with van der Waals surface area (Å²) in [6.07, 6.45) is 2.01. The molecule has 0 aliphatic carbocycles. The smallest absolute Gasteiger partial charge is 0.313 e. The minimum Gasteiger partial charge on any atom is -0.481 e. The third-order valence-corrected chi connectivity index (χ3v) is 3.73. The lowest BCUT2D eigenvalue weighted by molar-refractivity contribution is -0.133. The number of rotatable bonds is 8. The molecule has 0 aromatic carbocycles. The van der Waals surface area contributed by atoms with Gasteiger partial charge in [0.05, 0.1) is 5.75 Å². The van der Waals surface area contributed by atoms with E-state index in [4.69, 9.17) is 5.11 Å². The molecule has 0 radical (unpaired) electrons. The van der Waals surface area contributed by atoms with Crippen LogP contribution in [-0.4, -0.2) is 36.7 Å². The van der Waals surface area contributed by atoms with Crippen LogP contribution in [0.5, 0.6) is 0 Å². The van der Waals surface area contributed by atoms with Crippen LogP contribution in [0.2, 0.25) is 0 Å². The van der Waals surface area contributed by atoms with Gasteiger partial charge in [0.2, 0.25) is 0 Å². The predicted molar refractivity (Wildman–Crippen MR) is 73.1 cm³/mol. The highest BCUT2D eigenvalue weighted by Gasteiger charge is 2.18. The molecular weight excluding hydrogens is 266 g/mol. The zero-order valence-corrected chi connectivity index (χ0v) is 12.4. The minimum absolute atomic E-state index is 0.0551. The van der Waals surface area contributed by atoms with Gasteiger partial charge in [0.15, 0.2) is 11.0 Å². The summed E-state index contributed by atoms with van der Waals surface area (Å²) in [6, 6.07) is 0.149. The van der Waals surface area contributed by atoms with E-state index in [2.05, 4.69) is 24.0 Å². The molecule has 0 fully saturated rings. The minimum atomic E-state index is -0.889. The molecule has 1 heterocycles. The number of aliphatic carboxylic acids is 1. The van der Waals surface area contributed by atoms with Crippen LogP contribution < -0.4 is 0 Å². The highest BCUT2D eigenvalue weighted by molar-refractivity contribution is 7.99.